The number of methoxy groups -OCH3 is 2. The van der Waals surface area contributed by atoms with E-state index >= 15 is 0 Å². The second-order valence-corrected chi connectivity index (χ2v) is 5.59. The Kier molecular flexibility index (Phi) is 7.01. The average Bonchev–Trinajstić information content (AvgIpc) is 2.70. The van der Waals surface area contributed by atoms with Crippen LogP contribution in [-0.4, -0.2) is 38.6 Å². The van der Waals surface area contributed by atoms with E-state index < -0.39 is 24.4 Å². The molecule has 0 bridgehead atoms. The molecule has 0 radical (unpaired) electrons. The molecule has 8 nitrogen and oxygen atoms in total. The number of esters is 1. The maximum Gasteiger partial charge on any atom is 0.342 e. The van der Waals surface area contributed by atoms with E-state index in [0.29, 0.717) is 16.3 Å². The van der Waals surface area contributed by atoms with Crippen molar-refractivity contribution in [1.82, 2.24) is 10.9 Å². The van der Waals surface area contributed by atoms with Gasteiger partial charge < -0.3 is 14.2 Å². The van der Waals surface area contributed by atoms with E-state index in [1.807, 2.05) is 0 Å². The summed E-state index contributed by atoms with van der Waals surface area (Å²) in [6.45, 7) is -0.597. The summed E-state index contributed by atoms with van der Waals surface area (Å²) in [5.74, 6) is -1.32. The summed E-state index contributed by atoms with van der Waals surface area (Å²) in [7, 11) is 2.85. The van der Waals surface area contributed by atoms with E-state index in [0.717, 1.165) is 0 Å². The van der Waals surface area contributed by atoms with Crippen LogP contribution in [0, 0.1) is 0 Å². The Labute approximate surface area is 160 Å². The first-order valence-corrected chi connectivity index (χ1v) is 8.06. The Hall–Kier alpha value is -3.26. The molecule has 0 aliphatic carbocycles. The molecule has 0 fully saturated rings. The molecule has 2 rings (SSSR count). The lowest BCUT2D eigenvalue weighted by molar-refractivity contribution is -0.125. The number of hydrogen-bond acceptors (Lipinski definition) is 6. The SMILES string of the molecule is COc1ccc(OC)c(C(=O)OCC(=O)NNC(=O)c2ccc(Cl)cc2)c1. The second-order valence-electron chi connectivity index (χ2n) is 5.15. The number of halogens is 1. The topological polar surface area (TPSA) is 103 Å². The summed E-state index contributed by atoms with van der Waals surface area (Å²) in [6.07, 6.45) is 0. The second kappa shape index (κ2) is 9.44. The van der Waals surface area contributed by atoms with Gasteiger partial charge in [-0.05, 0) is 42.5 Å². The van der Waals surface area contributed by atoms with Crippen LogP contribution in [0.25, 0.3) is 0 Å². The van der Waals surface area contributed by atoms with Gasteiger partial charge in [0.2, 0.25) is 0 Å². The highest BCUT2D eigenvalue weighted by molar-refractivity contribution is 6.30. The lowest BCUT2D eigenvalue weighted by Crippen LogP contribution is -2.43. The maximum atomic E-state index is 12.2. The largest absolute Gasteiger partial charge is 0.497 e. The fourth-order valence-corrected chi connectivity index (χ4v) is 2.14. The molecule has 0 aliphatic rings. The van der Waals surface area contributed by atoms with E-state index in [1.165, 1.54) is 32.4 Å². The Balaban J connectivity index is 1.87. The molecule has 2 aromatic rings. The first-order chi connectivity index (χ1) is 12.9. The Morgan fingerprint density at radius 3 is 2.30 bits per heavy atom. The van der Waals surface area contributed by atoms with Gasteiger partial charge in [0.25, 0.3) is 11.8 Å². The summed E-state index contributed by atoms with van der Waals surface area (Å²) >= 11 is 5.74. The molecule has 2 amide bonds. The summed E-state index contributed by atoms with van der Waals surface area (Å²) in [6, 6.07) is 10.7. The third kappa shape index (κ3) is 5.61. The van der Waals surface area contributed by atoms with Gasteiger partial charge in [-0.2, -0.15) is 0 Å². The molecule has 0 unspecified atom stereocenters. The van der Waals surface area contributed by atoms with Crippen LogP contribution in [-0.2, 0) is 9.53 Å². The van der Waals surface area contributed by atoms with E-state index in [-0.39, 0.29) is 11.3 Å². The predicted molar refractivity (Wildman–Crippen MR) is 96.9 cm³/mol. The fourth-order valence-electron chi connectivity index (χ4n) is 2.02. The van der Waals surface area contributed by atoms with Crippen LogP contribution < -0.4 is 20.3 Å². The molecule has 0 atom stereocenters. The molecule has 2 N–H and O–H groups in total. The zero-order valence-corrected chi connectivity index (χ0v) is 15.3. The number of rotatable bonds is 6. The first-order valence-electron chi connectivity index (χ1n) is 7.68. The van der Waals surface area contributed by atoms with Crippen LogP contribution in [0.5, 0.6) is 11.5 Å². The number of carbonyl (C=O) groups is 3. The van der Waals surface area contributed by atoms with E-state index in [1.54, 1.807) is 24.3 Å². The van der Waals surface area contributed by atoms with Crippen molar-refractivity contribution in [1.29, 1.82) is 0 Å². The minimum absolute atomic E-state index is 0.106. The van der Waals surface area contributed by atoms with Crippen molar-refractivity contribution in [3.63, 3.8) is 0 Å². The van der Waals surface area contributed by atoms with E-state index in [9.17, 15) is 14.4 Å². The molecule has 0 aliphatic heterocycles. The molecule has 0 saturated heterocycles. The third-order valence-electron chi connectivity index (χ3n) is 3.38. The van der Waals surface area contributed by atoms with Crippen molar-refractivity contribution in [2.24, 2.45) is 0 Å². The normalized spacial score (nSPS) is 9.89. The average molecular weight is 393 g/mol. The van der Waals surface area contributed by atoms with Crippen molar-refractivity contribution in [2.75, 3.05) is 20.8 Å². The van der Waals surface area contributed by atoms with Gasteiger partial charge in [0.05, 0.1) is 14.2 Å². The Morgan fingerprint density at radius 2 is 1.67 bits per heavy atom. The van der Waals surface area contributed by atoms with Gasteiger partial charge in [0.15, 0.2) is 6.61 Å². The number of ether oxygens (including phenoxy) is 3. The van der Waals surface area contributed by atoms with Gasteiger partial charge in [-0.15, -0.1) is 0 Å². The quantitative estimate of drug-likeness (QED) is 0.575. The fraction of sp³-hybridized carbons (Fsp3) is 0.167. The molecule has 0 saturated carbocycles. The van der Waals surface area contributed by atoms with E-state index in [4.69, 9.17) is 25.8 Å². The minimum Gasteiger partial charge on any atom is -0.497 e. The van der Waals surface area contributed by atoms with Crippen LogP contribution in [0.1, 0.15) is 20.7 Å². The number of hydrogen-bond donors (Lipinski definition) is 2. The minimum atomic E-state index is -0.773. The zero-order valence-electron chi connectivity index (χ0n) is 14.6. The number of benzene rings is 2. The number of amides is 2. The van der Waals surface area contributed by atoms with Crippen molar-refractivity contribution in [3.8, 4) is 11.5 Å². The van der Waals surface area contributed by atoms with Gasteiger partial charge in [0, 0.05) is 10.6 Å². The predicted octanol–water partition coefficient (Wildman–Crippen LogP) is 1.98. The van der Waals surface area contributed by atoms with E-state index in [2.05, 4.69) is 10.9 Å². The zero-order chi connectivity index (χ0) is 19.8. The molecule has 9 heteroatoms. The van der Waals surface area contributed by atoms with Gasteiger partial charge in [-0.1, -0.05) is 11.6 Å². The molecule has 0 aromatic heterocycles. The van der Waals surface area contributed by atoms with Crippen molar-refractivity contribution < 1.29 is 28.6 Å². The van der Waals surface area contributed by atoms with Crippen molar-refractivity contribution >= 4 is 29.4 Å². The Morgan fingerprint density at radius 1 is 0.963 bits per heavy atom. The maximum absolute atomic E-state index is 12.2. The van der Waals surface area contributed by atoms with Crippen LogP contribution in [0.4, 0.5) is 0 Å². The molecule has 2 aromatic carbocycles. The lowest BCUT2D eigenvalue weighted by Gasteiger charge is -2.11. The molecule has 27 heavy (non-hydrogen) atoms. The van der Waals surface area contributed by atoms with Gasteiger partial charge >= 0.3 is 5.97 Å². The monoisotopic (exact) mass is 392 g/mol. The Bertz CT molecular complexity index is 838. The van der Waals surface area contributed by atoms with Crippen molar-refractivity contribution in [2.45, 2.75) is 0 Å². The van der Waals surface area contributed by atoms with Crippen LogP contribution in [0.2, 0.25) is 5.02 Å². The molecular weight excluding hydrogens is 376 g/mol. The van der Waals surface area contributed by atoms with Gasteiger partial charge in [-0.3, -0.25) is 20.4 Å². The van der Waals surface area contributed by atoms with Gasteiger partial charge in [0.1, 0.15) is 17.1 Å². The third-order valence-corrected chi connectivity index (χ3v) is 3.63. The summed E-state index contributed by atoms with van der Waals surface area (Å²) in [5.41, 5.74) is 4.76. The highest BCUT2D eigenvalue weighted by Gasteiger charge is 2.17. The van der Waals surface area contributed by atoms with Crippen LogP contribution >= 0.6 is 11.6 Å². The van der Waals surface area contributed by atoms with Crippen molar-refractivity contribution in [3.05, 3.63) is 58.6 Å². The van der Waals surface area contributed by atoms with Crippen LogP contribution in [0.3, 0.4) is 0 Å². The molecule has 142 valence electrons. The number of carbonyl (C=O) groups excluding carboxylic acids is 3. The first kappa shape index (κ1) is 20.1. The summed E-state index contributed by atoms with van der Waals surface area (Å²) in [5, 5.41) is 0.482. The molecule has 0 spiro atoms. The number of nitrogens with one attached hydrogen (secondary N) is 2. The highest BCUT2D eigenvalue weighted by Crippen LogP contribution is 2.24. The summed E-state index contributed by atoms with van der Waals surface area (Å²) in [4.78, 5) is 35.8. The smallest absolute Gasteiger partial charge is 0.342 e. The number of hydrazine groups is 1. The van der Waals surface area contributed by atoms with Gasteiger partial charge in [-0.25, -0.2) is 4.79 Å². The van der Waals surface area contributed by atoms with Crippen LogP contribution in [0.15, 0.2) is 42.5 Å². The highest BCUT2D eigenvalue weighted by atomic mass is 35.5. The summed E-state index contributed by atoms with van der Waals surface area (Å²) < 4.78 is 15.1. The standard InChI is InChI=1S/C18H17ClN2O6/c1-25-13-7-8-15(26-2)14(9-13)18(24)27-10-16(22)20-21-17(23)11-3-5-12(19)6-4-11/h3-9H,10H2,1-2H3,(H,20,22)(H,21,23). The lowest BCUT2D eigenvalue weighted by atomic mass is 10.2. The molecular formula is C18H17ClN2O6. The molecule has 0 heterocycles.